The number of amides is 1. The van der Waals surface area contributed by atoms with Crippen LogP contribution >= 0.6 is 0 Å². The van der Waals surface area contributed by atoms with Gasteiger partial charge in [-0.3, -0.25) is 14.4 Å². The number of benzene rings is 1. The molecule has 1 aromatic heterocycles. The van der Waals surface area contributed by atoms with Crippen molar-refractivity contribution in [3.63, 3.8) is 0 Å². The molecule has 2 aliphatic rings. The quantitative estimate of drug-likeness (QED) is 0.863. The molecule has 132 valence electrons. The third-order valence-corrected chi connectivity index (χ3v) is 4.88. The van der Waals surface area contributed by atoms with Crippen molar-refractivity contribution >= 4 is 16.8 Å². The summed E-state index contributed by atoms with van der Waals surface area (Å²) in [6.45, 7) is 0. The summed E-state index contributed by atoms with van der Waals surface area (Å²) in [5, 5.41) is -0.000633. The molecule has 2 aromatic rings. The van der Waals surface area contributed by atoms with Gasteiger partial charge in [-0.2, -0.15) is 0 Å². The van der Waals surface area contributed by atoms with Crippen LogP contribution < -0.4 is 10.9 Å². The molecule has 0 aliphatic heterocycles. The van der Waals surface area contributed by atoms with Crippen molar-refractivity contribution in [3.8, 4) is 0 Å². The van der Waals surface area contributed by atoms with E-state index in [-0.39, 0.29) is 23.1 Å². The second-order valence-corrected chi connectivity index (χ2v) is 6.75. The molecular formula is C18H18F2N2O3. The number of pyridine rings is 1. The minimum absolute atomic E-state index is 0.000633. The Bertz CT molecular complexity index is 899. The lowest BCUT2D eigenvalue weighted by Gasteiger charge is -2.14. The number of aromatic nitrogens is 1. The highest BCUT2D eigenvalue weighted by Gasteiger charge is 2.28. The van der Waals surface area contributed by atoms with Crippen LogP contribution in [-0.4, -0.2) is 16.6 Å². The van der Waals surface area contributed by atoms with Gasteiger partial charge in [0.05, 0.1) is 11.6 Å². The van der Waals surface area contributed by atoms with E-state index in [1.54, 1.807) is 4.57 Å². The monoisotopic (exact) mass is 348 g/mol. The smallest absolute Gasteiger partial charge is 0.280 e. The number of hydroxylamine groups is 1. The van der Waals surface area contributed by atoms with E-state index in [2.05, 4.69) is 5.48 Å². The van der Waals surface area contributed by atoms with E-state index in [1.165, 1.54) is 6.20 Å². The molecule has 25 heavy (non-hydrogen) atoms. The number of carbonyl (C=O) groups is 1. The number of fused-ring (bicyclic) bond motifs is 1. The molecular weight excluding hydrogens is 330 g/mol. The van der Waals surface area contributed by atoms with Crippen LogP contribution in [0.3, 0.4) is 0 Å². The van der Waals surface area contributed by atoms with Crippen LogP contribution in [-0.2, 0) is 4.84 Å². The molecule has 4 rings (SSSR count). The zero-order valence-corrected chi connectivity index (χ0v) is 13.6. The second kappa shape index (κ2) is 6.22. The van der Waals surface area contributed by atoms with E-state index in [0.29, 0.717) is 5.52 Å². The van der Waals surface area contributed by atoms with E-state index in [0.717, 1.165) is 50.7 Å². The van der Waals surface area contributed by atoms with Crippen molar-refractivity contribution in [2.75, 3.05) is 0 Å². The van der Waals surface area contributed by atoms with Crippen LogP contribution in [0.4, 0.5) is 8.78 Å². The lowest BCUT2D eigenvalue weighted by molar-refractivity contribution is -0.0125. The summed E-state index contributed by atoms with van der Waals surface area (Å²) in [5.41, 5.74) is 1.90. The number of nitrogens with zero attached hydrogens (tertiary/aromatic N) is 1. The molecule has 1 heterocycles. The van der Waals surface area contributed by atoms with Gasteiger partial charge in [-0.25, -0.2) is 14.3 Å². The minimum atomic E-state index is -1.10. The summed E-state index contributed by atoms with van der Waals surface area (Å²) in [5.74, 6) is -2.77. The molecule has 0 saturated heterocycles. The van der Waals surface area contributed by atoms with Crippen LogP contribution in [0, 0.1) is 11.6 Å². The fourth-order valence-corrected chi connectivity index (χ4v) is 3.36. The van der Waals surface area contributed by atoms with Gasteiger partial charge in [0.2, 0.25) is 5.43 Å². The average Bonchev–Trinajstić information content (AvgIpc) is 3.30. The van der Waals surface area contributed by atoms with Crippen LogP contribution in [0.15, 0.2) is 23.1 Å². The average molecular weight is 348 g/mol. The summed E-state index contributed by atoms with van der Waals surface area (Å²) in [4.78, 5) is 30.4. The molecule has 0 bridgehead atoms. The summed E-state index contributed by atoms with van der Waals surface area (Å²) in [7, 11) is 0. The maximum Gasteiger partial charge on any atom is 0.280 e. The molecule has 7 heteroatoms. The van der Waals surface area contributed by atoms with Crippen molar-refractivity contribution in [1.82, 2.24) is 10.0 Å². The van der Waals surface area contributed by atoms with Crippen molar-refractivity contribution in [1.29, 1.82) is 0 Å². The normalized spacial score (nSPS) is 18.0. The van der Waals surface area contributed by atoms with Gasteiger partial charge in [0, 0.05) is 23.7 Å². The number of carbonyl (C=O) groups excluding carboxylic acids is 1. The maximum atomic E-state index is 13.6. The molecule has 5 nitrogen and oxygen atoms in total. The van der Waals surface area contributed by atoms with Crippen molar-refractivity contribution in [3.05, 3.63) is 45.8 Å². The molecule has 1 aromatic carbocycles. The zero-order chi connectivity index (χ0) is 17.6. The van der Waals surface area contributed by atoms with Gasteiger partial charge in [-0.1, -0.05) is 12.8 Å². The topological polar surface area (TPSA) is 60.3 Å². The Morgan fingerprint density at radius 2 is 1.80 bits per heavy atom. The molecule has 2 aliphatic carbocycles. The standard InChI is InChI=1S/C18H18F2N2O3/c19-14-7-12-16(8-15(14)20)22(10-5-6-10)9-13(17(12)23)18(24)21-25-11-3-1-2-4-11/h7-11H,1-6H2,(H,21,24). The Balaban J connectivity index is 1.73. The van der Waals surface area contributed by atoms with E-state index in [4.69, 9.17) is 4.84 Å². The van der Waals surface area contributed by atoms with Crippen LogP contribution in [0.2, 0.25) is 0 Å². The van der Waals surface area contributed by atoms with Gasteiger partial charge in [0.1, 0.15) is 5.56 Å². The fourth-order valence-electron chi connectivity index (χ4n) is 3.36. The Hall–Kier alpha value is -2.28. The molecule has 2 fully saturated rings. The number of rotatable bonds is 4. The van der Waals surface area contributed by atoms with Gasteiger partial charge in [-0.15, -0.1) is 0 Å². The first-order chi connectivity index (χ1) is 12.0. The third kappa shape index (κ3) is 3.04. The lowest BCUT2D eigenvalue weighted by Crippen LogP contribution is -2.32. The summed E-state index contributed by atoms with van der Waals surface area (Å²) in [6, 6.07) is 1.97. The first kappa shape index (κ1) is 16.2. The van der Waals surface area contributed by atoms with Crippen LogP contribution in [0.25, 0.3) is 10.9 Å². The third-order valence-electron chi connectivity index (χ3n) is 4.88. The van der Waals surface area contributed by atoms with Gasteiger partial charge in [-0.05, 0) is 31.7 Å². The first-order valence-electron chi connectivity index (χ1n) is 8.54. The molecule has 0 atom stereocenters. The van der Waals surface area contributed by atoms with Gasteiger partial charge in [0.25, 0.3) is 5.91 Å². The number of hydrogen-bond acceptors (Lipinski definition) is 3. The van der Waals surface area contributed by atoms with Gasteiger partial charge >= 0.3 is 0 Å². The molecule has 0 radical (unpaired) electrons. The number of hydrogen-bond donors (Lipinski definition) is 1. The van der Waals surface area contributed by atoms with Crippen LogP contribution in [0.5, 0.6) is 0 Å². The minimum Gasteiger partial charge on any atom is -0.343 e. The predicted molar refractivity (Wildman–Crippen MR) is 87.2 cm³/mol. The number of nitrogens with one attached hydrogen (secondary N) is 1. The Morgan fingerprint density at radius 3 is 2.48 bits per heavy atom. The lowest BCUT2D eigenvalue weighted by atomic mass is 10.1. The molecule has 2 saturated carbocycles. The predicted octanol–water partition coefficient (Wildman–Crippen LogP) is 3.22. The van der Waals surface area contributed by atoms with E-state index >= 15 is 0 Å². The Labute approximate surface area is 142 Å². The van der Waals surface area contributed by atoms with Gasteiger partial charge in [0.15, 0.2) is 11.6 Å². The van der Waals surface area contributed by atoms with Crippen molar-refractivity contribution in [2.24, 2.45) is 0 Å². The Kier molecular flexibility index (Phi) is 4.03. The number of halogens is 2. The van der Waals surface area contributed by atoms with E-state index in [9.17, 15) is 18.4 Å². The van der Waals surface area contributed by atoms with Crippen LogP contribution in [0.1, 0.15) is 54.9 Å². The maximum absolute atomic E-state index is 13.6. The van der Waals surface area contributed by atoms with E-state index in [1.807, 2.05) is 0 Å². The zero-order valence-electron chi connectivity index (χ0n) is 13.6. The highest BCUT2D eigenvalue weighted by molar-refractivity contribution is 5.96. The molecule has 1 N–H and O–H groups in total. The van der Waals surface area contributed by atoms with E-state index < -0.39 is 23.0 Å². The van der Waals surface area contributed by atoms with Crippen molar-refractivity contribution < 1.29 is 18.4 Å². The summed E-state index contributed by atoms with van der Waals surface area (Å²) >= 11 is 0. The van der Waals surface area contributed by atoms with Crippen molar-refractivity contribution in [2.45, 2.75) is 50.7 Å². The highest BCUT2D eigenvalue weighted by atomic mass is 19.2. The van der Waals surface area contributed by atoms with Gasteiger partial charge < -0.3 is 4.57 Å². The first-order valence-corrected chi connectivity index (χ1v) is 8.54. The summed E-state index contributed by atoms with van der Waals surface area (Å²) in [6.07, 6.45) is 6.97. The second-order valence-electron chi connectivity index (χ2n) is 6.75. The summed E-state index contributed by atoms with van der Waals surface area (Å²) < 4.78 is 28.9. The molecule has 0 unspecified atom stereocenters. The molecule has 1 amide bonds. The highest BCUT2D eigenvalue weighted by Crippen LogP contribution is 2.37. The SMILES string of the molecule is O=C(NOC1CCCC1)c1cn(C2CC2)c2cc(F)c(F)cc2c1=O. The fraction of sp³-hybridized carbons (Fsp3) is 0.444. The Morgan fingerprint density at radius 1 is 1.12 bits per heavy atom. The molecule has 0 spiro atoms. The largest absolute Gasteiger partial charge is 0.343 e.